The predicted molar refractivity (Wildman–Crippen MR) is 74.3 cm³/mol. The summed E-state index contributed by atoms with van der Waals surface area (Å²) < 4.78 is 5.11. The Morgan fingerprint density at radius 2 is 2.11 bits per heavy atom. The molecule has 1 aromatic rings. The molecule has 1 aliphatic rings. The minimum Gasteiger partial charge on any atom is -0.495 e. The van der Waals surface area contributed by atoms with Crippen LogP contribution in [0.15, 0.2) is 18.3 Å². The first-order valence-corrected chi connectivity index (χ1v) is 6.67. The second-order valence-electron chi connectivity index (χ2n) is 4.63. The lowest BCUT2D eigenvalue weighted by molar-refractivity contribution is 0.216. The van der Waals surface area contributed by atoms with Crippen molar-refractivity contribution in [3.63, 3.8) is 0 Å². The van der Waals surface area contributed by atoms with Gasteiger partial charge in [0, 0.05) is 26.2 Å². The maximum absolute atomic E-state index is 9.09. The molecule has 102 valence electrons. The third-order valence-electron chi connectivity index (χ3n) is 3.57. The molecule has 2 rings (SSSR count). The van der Waals surface area contributed by atoms with E-state index in [0.29, 0.717) is 0 Å². The van der Waals surface area contributed by atoms with Crippen molar-refractivity contribution in [1.29, 1.82) is 5.26 Å². The molecule has 1 atom stereocenters. The highest BCUT2D eigenvalue weighted by atomic mass is 16.5. The van der Waals surface area contributed by atoms with E-state index in [9.17, 15) is 0 Å². The zero-order valence-electron chi connectivity index (χ0n) is 11.5. The van der Waals surface area contributed by atoms with Gasteiger partial charge in [0.1, 0.15) is 11.6 Å². The fourth-order valence-electron chi connectivity index (χ4n) is 2.37. The van der Waals surface area contributed by atoms with Crippen LogP contribution in [-0.2, 0) is 0 Å². The molecule has 5 heteroatoms. The zero-order chi connectivity index (χ0) is 13.7. The van der Waals surface area contributed by atoms with Crippen LogP contribution in [-0.4, -0.2) is 49.2 Å². The Labute approximate surface area is 114 Å². The van der Waals surface area contributed by atoms with Crippen molar-refractivity contribution in [2.24, 2.45) is 0 Å². The van der Waals surface area contributed by atoms with Crippen LogP contribution in [0.2, 0.25) is 0 Å². The third-order valence-corrected chi connectivity index (χ3v) is 3.57. The van der Waals surface area contributed by atoms with E-state index in [4.69, 9.17) is 10.00 Å². The van der Waals surface area contributed by atoms with E-state index in [2.05, 4.69) is 27.8 Å². The van der Waals surface area contributed by atoms with Gasteiger partial charge in [0.2, 0.25) is 0 Å². The highest BCUT2D eigenvalue weighted by molar-refractivity contribution is 5.41. The minimum atomic E-state index is 0.0472. The van der Waals surface area contributed by atoms with Crippen molar-refractivity contribution >= 4 is 5.82 Å². The van der Waals surface area contributed by atoms with Gasteiger partial charge >= 0.3 is 0 Å². The van der Waals surface area contributed by atoms with Crippen molar-refractivity contribution in [3.8, 4) is 11.8 Å². The Bertz CT molecular complexity index is 432. The van der Waals surface area contributed by atoms with E-state index in [1.54, 1.807) is 13.3 Å². The Hall–Kier alpha value is -1.80. The summed E-state index contributed by atoms with van der Waals surface area (Å²) >= 11 is 0. The molecule has 0 amide bonds. The monoisotopic (exact) mass is 260 g/mol. The molecule has 1 saturated heterocycles. The van der Waals surface area contributed by atoms with Crippen LogP contribution in [0.25, 0.3) is 0 Å². The molecule has 5 nitrogen and oxygen atoms in total. The molecule has 0 aromatic carbocycles. The first-order valence-electron chi connectivity index (χ1n) is 6.67. The Balaban J connectivity index is 1.94. The van der Waals surface area contributed by atoms with Gasteiger partial charge in [-0.1, -0.05) is 6.92 Å². The molecule has 1 fully saturated rings. The fourth-order valence-corrected chi connectivity index (χ4v) is 2.37. The van der Waals surface area contributed by atoms with E-state index >= 15 is 0 Å². The topological polar surface area (TPSA) is 52.4 Å². The van der Waals surface area contributed by atoms with Crippen LogP contribution in [0, 0.1) is 11.3 Å². The number of methoxy groups -OCH3 is 1. The molecule has 0 spiro atoms. The zero-order valence-corrected chi connectivity index (χ0v) is 11.5. The summed E-state index contributed by atoms with van der Waals surface area (Å²) in [5.74, 6) is 1.75. The fraction of sp³-hybridized carbons (Fsp3) is 0.571. The van der Waals surface area contributed by atoms with Gasteiger partial charge in [0.05, 0.1) is 25.4 Å². The SMILES string of the molecule is CCC(C#N)N1CCN(c2ccc(OC)cn2)CC1. The van der Waals surface area contributed by atoms with Crippen LogP contribution in [0.5, 0.6) is 5.75 Å². The van der Waals surface area contributed by atoms with Crippen molar-refractivity contribution in [1.82, 2.24) is 9.88 Å². The first kappa shape index (κ1) is 13.6. The summed E-state index contributed by atoms with van der Waals surface area (Å²) in [5, 5.41) is 9.09. The number of hydrogen-bond donors (Lipinski definition) is 0. The van der Waals surface area contributed by atoms with Crippen LogP contribution < -0.4 is 9.64 Å². The maximum atomic E-state index is 9.09. The lowest BCUT2D eigenvalue weighted by Gasteiger charge is -2.37. The van der Waals surface area contributed by atoms with Crippen LogP contribution in [0.1, 0.15) is 13.3 Å². The normalized spacial score (nSPS) is 17.8. The Kier molecular flexibility index (Phi) is 4.58. The van der Waals surface area contributed by atoms with Crippen LogP contribution >= 0.6 is 0 Å². The number of anilines is 1. The first-order chi connectivity index (χ1) is 9.28. The van der Waals surface area contributed by atoms with E-state index < -0.39 is 0 Å². The minimum absolute atomic E-state index is 0.0472. The van der Waals surface area contributed by atoms with E-state index in [1.165, 1.54) is 0 Å². The van der Waals surface area contributed by atoms with Crippen LogP contribution in [0.4, 0.5) is 5.82 Å². The standard InChI is InChI=1S/C14H20N4O/c1-3-12(10-15)17-6-8-18(9-7-17)14-5-4-13(19-2)11-16-14/h4-5,11-12H,3,6-9H2,1-2H3. The summed E-state index contributed by atoms with van der Waals surface area (Å²) in [6.45, 7) is 5.72. The lowest BCUT2D eigenvalue weighted by atomic mass is 10.2. The van der Waals surface area contributed by atoms with Crippen molar-refractivity contribution in [3.05, 3.63) is 18.3 Å². The van der Waals surface area contributed by atoms with Crippen molar-refractivity contribution < 1.29 is 4.74 Å². The predicted octanol–water partition coefficient (Wildman–Crippen LogP) is 1.51. The van der Waals surface area contributed by atoms with Gasteiger partial charge in [-0.15, -0.1) is 0 Å². The van der Waals surface area contributed by atoms with Gasteiger partial charge in [-0.05, 0) is 18.6 Å². The van der Waals surface area contributed by atoms with Gasteiger partial charge in [0.15, 0.2) is 0 Å². The molecule has 1 aromatic heterocycles. The molecule has 1 aliphatic heterocycles. The third kappa shape index (κ3) is 3.15. The molecule has 0 N–H and O–H groups in total. The highest BCUT2D eigenvalue weighted by Crippen LogP contribution is 2.18. The van der Waals surface area contributed by atoms with Gasteiger partial charge in [0.25, 0.3) is 0 Å². The van der Waals surface area contributed by atoms with Crippen molar-refractivity contribution in [2.45, 2.75) is 19.4 Å². The smallest absolute Gasteiger partial charge is 0.137 e. The molecule has 0 saturated carbocycles. The maximum Gasteiger partial charge on any atom is 0.137 e. The summed E-state index contributed by atoms with van der Waals surface area (Å²) in [7, 11) is 1.64. The van der Waals surface area contributed by atoms with Gasteiger partial charge < -0.3 is 9.64 Å². The highest BCUT2D eigenvalue weighted by Gasteiger charge is 2.22. The summed E-state index contributed by atoms with van der Waals surface area (Å²) in [6, 6.07) is 6.33. The number of pyridine rings is 1. The van der Waals surface area contributed by atoms with E-state index in [1.807, 2.05) is 12.1 Å². The van der Waals surface area contributed by atoms with Gasteiger partial charge in [-0.2, -0.15) is 5.26 Å². The molecule has 1 unspecified atom stereocenters. The number of hydrogen-bond acceptors (Lipinski definition) is 5. The molecule has 0 aliphatic carbocycles. The Morgan fingerprint density at radius 3 is 2.58 bits per heavy atom. The molecule has 0 bridgehead atoms. The molecular formula is C14H20N4O. The van der Waals surface area contributed by atoms with E-state index in [0.717, 1.165) is 44.2 Å². The second-order valence-corrected chi connectivity index (χ2v) is 4.63. The number of nitriles is 1. The largest absolute Gasteiger partial charge is 0.495 e. The van der Waals surface area contributed by atoms with Gasteiger partial charge in [-0.3, -0.25) is 4.90 Å². The number of rotatable bonds is 4. The molecule has 19 heavy (non-hydrogen) atoms. The quantitative estimate of drug-likeness (QED) is 0.821. The number of ether oxygens (including phenoxy) is 1. The molecule has 2 heterocycles. The number of aromatic nitrogens is 1. The Morgan fingerprint density at radius 1 is 1.37 bits per heavy atom. The number of nitrogens with zero attached hydrogens (tertiary/aromatic N) is 4. The molecule has 0 radical (unpaired) electrons. The van der Waals surface area contributed by atoms with Crippen LogP contribution in [0.3, 0.4) is 0 Å². The molecular weight excluding hydrogens is 240 g/mol. The lowest BCUT2D eigenvalue weighted by Crippen LogP contribution is -2.50. The summed E-state index contributed by atoms with van der Waals surface area (Å²) in [4.78, 5) is 8.90. The summed E-state index contributed by atoms with van der Waals surface area (Å²) in [6.07, 6.45) is 2.63. The number of piperazine rings is 1. The average molecular weight is 260 g/mol. The van der Waals surface area contributed by atoms with Crippen molar-refractivity contribution in [2.75, 3.05) is 38.2 Å². The average Bonchev–Trinajstić information content (AvgIpc) is 2.49. The summed E-state index contributed by atoms with van der Waals surface area (Å²) in [5.41, 5.74) is 0. The van der Waals surface area contributed by atoms with Gasteiger partial charge in [-0.25, -0.2) is 4.98 Å². The second kappa shape index (κ2) is 6.39. The van der Waals surface area contributed by atoms with E-state index in [-0.39, 0.29) is 6.04 Å².